The van der Waals surface area contributed by atoms with Gasteiger partial charge in [-0.05, 0) is 90.3 Å². The molecule has 0 amide bonds. The highest BCUT2D eigenvalue weighted by Gasteiger charge is 2.38. The quantitative estimate of drug-likeness (QED) is 0.391. The van der Waals surface area contributed by atoms with Gasteiger partial charge in [-0.15, -0.1) is 0 Å². The molecule has 1 heterocycles. The molecule has 4 nitrogen and oxygen atoms in total. The van der Waals surface area contributed by atoms with E-state index in [-0.39, 0.29) is 12.0 Å². The summed E-state index contributed by atoms with van der Waals surface area (Å²) in [6.45, 7) is 8.35. The third kappa shape index (κ3) is 4.25. The van der Waals surface area contributed by atoms with Crippen LogP contribution in [0.5, 0.6) is 0 Å². The lowest BCUT2D eigenvalue weighted by atomic mass is 9.77. The molecule has 0 radical (unpaired) electrons. The van der Waals surface area contributed by atoms with Crippen molar-refractivity contribution in [1.29, 1.82) is 0 Å². The van der Waals surface area contributed by atoms with Gasteiger partial charge in [-0.2, -0.15) is 0 Å². The van der Waals surface area contributed by atoms with E-state index < -0.39 is 10.0 Å². The van der Waals surface area contributed by atoms with Crippen LogP contribution >= 0.6 is 0 Å². The number of hydrogen-bond donors (Lipinski definition) is 2. The van der Waals surface area contributed by atoms with Gasteiger partial charge in [-0.3, -0.25) is 4.72 Å². The first-order valence-corrected chi connectivity index (χ1v) is 13.5. The fourth-order valence-electron chi connectivity index (χ4n) is 5.41. The molecule has 2 aliphatic rings. The molecule has 5 rings (SSSR count). The maximum atomic E-state index is 13.2. The lowest BCUT2D eigenvalue weighted by Gasteiger charge is -2.37. The van der Waals surface area contributed by atoms with Crippen molar-refractivity contribution in [2.24, 2.45) is 5.92 Å². The number of anilines is 2. The molecule has 0 bridgehead atoms. The molecule has 0 saturated heterocycles. The van der Waals surface area contributed by atoms with Crippen molar-refractivity contribution in [2.75, 3.05) is 10.0 Å². The average molecular weight is 473 g/mol. The van der Waals surface area contributed by atoms with E-state index in [1.807, 2.05) is 44.2 Å². The molecule has 34 heavy (non-hydrogen) atoms. The topological polar surface area (TPSA) is 58.2 Å². The molecule has 0 spiro atoms. The van der Waals surface area contributed by atoms with Gasteiger partial charge < -0.3 is 5.32 Å². The Hall–Kier alpha value is -3.05. The number of aryl methyl sites for hydroxylation is 2. The molecule has 3 unspecified atom stereocenters. The summed E-state index contributed by atoms with van der Waals surface area (Å²) in [6, 6.07) is 20.3. The summed E-state index contributed by atoms with van der Waals surface area (Å²) in [7, 11) is -3.69. The van der Waals surface area contributed by atoms with Gasteiger partial charge in [0.15, 0.2) is 0 Å². The minimum atomic E-state index is -3.69. The molecule has 3 aromatic carbocycles. The Morgan fingerprint density at radius 3 is 2.32 bits per heavy atom. The standard InChI is InChI=1S/C29H32N2O2S/c1-18(2)21-8-10-22(11-9-21)29-26-7-5-6-25(26)27-17-24(12-13-28(27)30-29)34(32,33)31-23-15-19(3)14-20(4)16-23/h5-6,8-18,25-26,29-31H,7H2,1-4H3. The Morgan fingerprint density at radius 2 is 1.65 bits per heavy atom. The molecule has 0 fully saturated rings. The summed E-state index contributed by atoms with van der Waals surface area (Å²) in [5.41, 5.74) is 7.33. The summed E-state index contributed by atoms with van der Waals surface area (Å²) < 4.78 is 29.2. The summed E-state index contributed by atoms with van der Waals surface area (Å²) in [4.78, 5) is 0.297. The Bertz CT molecular complexity index is 1340. The first kappa shape index (κ1) is 22.7. The van der Waals surface area contributed by atoms with E-state index in [2.05, 4.69) is 60.3 Å². The van der Waals surface area contributed by atoms with Gasteiger partial charge >= 0.3 is 0 Å². The summed E-state index contributed by atoms with van der Waals surface area (Å²) in [5, 5.41) is 3.72. The molecule has 176 valence electrons. The third-order valence-electron chi connectivity index (χ3n) is 7.08. The highest BCUT2D eigenvalue weighted by Crippen LogP contribution is 2.50. The first-order valence-electron chi connectivity index (χ1n) is 12.0. The van der Waals surface area contributed by atoms with Crippen LogP contribution < -0.4 is 10.0 Å². The molecule has 0 aromatic heterocycles. The summed E-state index contributed by atoms with van der Waals surface area (Å²) in [5.74, 6) is 1.07. The van der Waals surface area contributed by atoms with E-state index in [1.165, 1.54) is 11.1 Å². The normalized spacial score (nSPS) is 21.1. The van der Waals surface area contributed by atoms with Gasteiger partial charge in [0, 0.05) is 17.3 Å². The zero-order chi connectivity index (χ0) is 24.0. The van der Waals surface area contributed by atoms with Crippen LogP contribution in [0.15, 0.2) is 77.7 Å². The lowest BCUT2D eigenvalue weighted by molar-refractivity contribution is 0.425. The number of benzene rings is 3. The Morgan fingerprint density at radius 1 is 0.941 bits per heavy atom. The van der Waals surface area contributed by atoms with E-state index in [4.69, 9.17) is 0 Å². The predicted molar refractivity (Wildman–Crippen MR) is 140 cm³/mol. The molecule has 0 saturated carbocycles. The van der Waals surface area contributed by atoms with E-state index in [0.29, 0.717) is 22.4 Å². The number of fused-ring (bicyclic) bond motifs is 3. The number of allylic oxidation sites excluding steroid dienone is 2. The van der Waals surface area contributed by atoms with Crippen molar-refractivity contribution in [3.05, 3.63) is 101 Å². The van der Waals surface area contributed by atoms with Gasteiger partial charge in [0.2, 0.25) is 0 Å². The SMILES string of the molecule is Cc1cc(C)cc(NS(=O)(=O)c2ccc3c(c2)C2C=CCC2C(c2ccc(C(C)C)cc2)N3)c1. The highest BCUT2D eigenvalue weighted by molar-refractivity contribution is 7.92. The Balaban J connectivity index is 1.46. The van der Waals surface area contributed by atoms with Gasteiger partial charge in [-0.25, -0.2) is 8.42 Å². The highest BCUT2D eigenvalue weighted by atomic mass is 32.2. The second-order valence-electron chi connectivity index (χ2n) is 10.0. The average Bonchev–Trinajstić information content (AvgIpc) is 3.27. The minimum absolute atomic E-state index is 0.197. The lowest BCUT2D eigenvalue weighted by Crippen LogP contribution is -2.29. The van der Waals surface area contributed by atoms with Crippen LogP contribution in [0, 0.1) is 19.8 Å². The second kappa shape index (κ2) is 8.62. The van der Waals surface area contributed by atoms with Crippen LogP contribution in [-0.2, 0) is 10.0 Å². The largest absolute Gasteiger partial charge is 0.378 e. The Labute approximate surface area is 203 Å². The smallest absolute Gasteiger partial charge is 0.261 e. The number of nitrogens with one attached hydrogen (secondary N) is 2. The predicted octanol–water partition coefficient (Wildman–Crippen LogP) is 7.05. The van der Waals surface area contributed by atoms with Crippen LogP contribution in [0.3, 0.4) is 0 Å². The first-order chi connectivity index (χ1) is 16.2. The second-order valence-corrected chi connectivity index (χ2v) is 11.7. The van der Waals surface area contributed by atoms with Crippen molar-refractivity contribution in [3.8, 4) is 0 Å². The van der Waals surface area contributed by atoms with E-state index in [0.717, 1.165) is 28.8 Å². The molecule has 1 aliphatic heterocycles. The monoisotopic (exact) mass is 472 g/mol. The van der Waals surface area contributed by atoms with Crippen LogP contribution in [0.4, 0.5) is 11.4 Å². The van der Waals surface area contributed by atoms with Crippen LogP contribution in [0.2, 0.25) is 0 Å². The van der Waals surface area contributed by atoms with Crippen molar-refractivity contribution in [3.63, 3.8) is 0 Å². The fourth-order valence-corrected chi connectivity index (χ4v) is 6.48. The molecular weight excluding hydrogens is 440 g/mol. The minimum Gasteiger partial charge on any atom is -0.378 e. The summed E-state index contributed by atoms with van der Waals surface area (Å²) >= 11 is 0. The molecule has 3 atom stereocenters. The van der Waals surface area contributed by atoms with Gasteiger partial charge in [0.05, 0.1) is 10.9 Å². The van der Waals surface area contributed by atoms with Crippen LogP contribution in [-0.4, -0.2) is 8.42 Å². The van der Waals surface area contributed by atoms with Crippen molar-refractivity contribution >= 4 is 21.4 Å². The fraction of sp³-hybridized carbons (Fsp3) is 0.310. The summed E-state index contributed by atoms with van der Waals surface area (Å²) in [6.07, 6.45) is 5.45. The van der Waals surface area contributed by atoms with Crippen molar-refractivity contribution in [2.45, 2.75) is 56.9 Å². The molecule has 3 aromatic rings. The van der Waals surface area contributed by atoms with Gasteiger partial charge in [0.25, 0.3) is 10.0 Å². The maximum absolute atomic E-state index is 13.2. The van der Waals surface area contributed by atoms with E-state index in [1.54, 1.807) is 6.07 Å². The molecule has 5 heteroatoms. The Kier molecular flexibility index (Phi) is 5.76. The van der Waals surface area contributed by atoms with Crippen LogP contribution in [0.25, 0.3) is 0 Å². The van der Waals surface area contributed by atoms with E-state index in [9.17, 15) is 8.42 Å². The zero-order valence-corrected chi connectivity index (χ0v) is 21.0. The number of hydrogen-bond acceptors (Lipinski definition) is 3. The van der Waals surface area contributed by atoms with Crippen molar-refractivity contribution in [1.82, 2.24) is 0 Å². The molecule has 1 aliphatic carbocycles. The zero-order valence-electron chi connectivity index (χ0n) is 20.2. The third-order valence-corrected chi connectivity index (χ3v) is 8.46. The number of rotatable bonds is 5. The van der Waals surface area contributed by atoms with Gasteiger partial charge in [0.1, 0.15) is 0 Å². The molecular formula is C29H32N2O2S. The van der Waals surface area contributed by atoms with Crippen molar-refractivity contribution < 1.29 is 8.42 Å². The molecule has 2 N–H and O–H groups in total. The number of sulfonamides is 1. The van der Waals surface area contributed by atoms with Gasteiger partial charge in [-0.1, -0.05) is 56.3 Å². The van der Waals surface area contributed by atoms with Crippen LogP contribution in [0.1, 0.15) is 66.0 Å². The van der Waals surface area contributed by atoms with E-state index >= 15 is 0 Å². The maximum Gasteiger partial charge on any atom is 0.261 e.